The van der Waals surface area contributed by atoms with Crippen molar-refractivity contribution in [3.63, 3.8) is 0 Å². The van der Waals surface area contributed by atoms with Crippen molar-refractivity contribution in [1.82, 2.24) is 5.32 Å². The summed E-state index contributed by atoms with van der Waals surface area (Å²) in [4.78, 5) is 0. The quantitative estimate of drug-likeness (QED) is 0.851. The van der Waals surface area contributed by atoms with E-state index in [1.54, 1.807) is 7.05 Å². The summed E-state index contributed by atoms with van der Waals surface area (Å²) < 4.78 is 28.0. The number of hydrogen-bond donors (Lipinski definition) is 1. The molecule has 2 rings (SSSR count). The molecule has 1 nitrogen and oxygen atoms in total. The third-order valence-corrected chi connectivity index (χ3v) is 3.69. The predicted octanol–water partition coefficient (Wildman–Crippen LogP) is 4.42. The average Bonchev–Trinajstić information content (AvgIpc) is 2.47. The molecule has 0 aliphatic heterocycles. The van der Waals surface area contributed by atoms with Crippen LogP contribution in [0.3, 0.4) is 0 Å². The summed E-state index contributed by atoms with van der Waals surface area (Å²) in [6.07, 6.45) is 0.795. The van der Waals surface area contributed by atoms with E-state index in [2.05, 4.69) is 5.32 Å². The van der Waals surface area contributed by atoms with Gasteiger partial charge in [-0.05, 0) is 31.2 Å². The summed E-state index contributed by atoms with van der Waals surface area (Å²) in [5.41, 5.74) is 1.20. The maximum Gasteiger partial charge on any atom is 0.130 e. The highest BCUT2D eigenvalue weighted by Crippen LogP contribution is 2.35. The Morgan fingerprint density at radius 3 is 2.05 bits per heavy atom. The molecule has 3 heteroatoms. The number of halogens is 2. The van der Waals surface area contributed by atoms with Crippen LogP contribution in [0, 0.1) is 11.6 Å². The van der Waals surface area contributed by atoms with Gasteiger partial charge in [-0.1, -0.05) is 43.3 Å². The van der Waals surface area contributed by atoms with E-state index in [0.29, 0.717) is 0 Å². The van der Waals surface area contributed by atoms with Gasteiger partial charge in [-0.15, -0.1) is 0 Å². The first kappa shape index (κ1) is 14.7. The molecular weight excluding hydrogens is 256 g/mol. The fourth-order valence-corrected chi connectivity index (χ4v) is 2.72. The first-order chi connectivity index (χ1) is 9.69. The number of benzene rings is 2. The lowest BCUT2D eigenvalue weighted by Gasteiger charge is -2.27. The average molecular weight is 275 g/mol. The van der Waals surface area contributed by atoms with Gasteiger partial charge in [0.25, 0.3) is 0 Å². The third kappa shape index (κ3) is 2.88. The molecule has 0 spiro atoms. The van der Waals surface area contributed by atoms with E-state index < -0.39 is 11.6 Å². The molecule has 0 amide bonds. The van der Waals surface area contributed by atoms with Crippen molar-refractivity contribution >= 4 is 0 Å². The monoisotopic (exact) mass is 275 g/mol. The van der Waals surface area contributed by atoms with Crippen LogP contribution < -0.4 is 5.32 Å². The fraction of sp³-hybridized carbons (Fsp3) is 0.294. The van der Waals surface area contributed by atoms with E-state index in [-0.39, 0.29) is 17.5 Å². The zero-order valence-electron chi connectivity index (χ0n) is 11.7. The molecule has 2 atom stereocenters. The second kappa shape index (κ2) is 6.62. The Hall–Kier alpha value is -1.74. The zero-order valence-corrected chi connectivity index (χ0v) is 11.7. The van der Waals surface area contributed by atoms with Crippen LogP contribution >= 0.6 is 0 Å². The Balaban J connectivity index is 2.45. The molecule has 2 aromatic rings. The maximum atomic E-state index is 14.0. The number of nitrogens with one attached hydrogen (secondary N) is 1. The maximum absolute atomic E-state index is 14.0. The SMILES string of the molecule is CCC(c1ccccc1)C(NC)c1c(F)cccc1F. The van der Waals surface area contributed by atoms with Crippen molar-refractivity contribution in [3.8, 4) is 0 Å². The van der Waals surface area contributed by atoms with Gasteiger partial charge in [0.2, 0.25) is 0 Å². The van der Waals surface area contributed by atoms with Crippen molar-refractivity contribution in [2.24, 2.45) is 0 Å². The molecule has 0 aliphatic rings. The van der Waals surface area contributed by atoms with Gasteiger partial charge in [0.1, 0.15) is 11.6 Å². The Kier molecular flexibility index (Phi) is 4.85. The normalized spacial score (nSPS) is 14.0. The van der Waals surface area contributed by atoms with Crippen LogP contribution in [-0.4, -0.2) is 7.05 Å². The van der Waals surface area contributed by atoms with Crippen LogP contribution in [-0.2, 0) is 0 Å². The Bertz CT molecular complexity index is 534. The van der Waals surface area contributed by atoms with Crippen LogP contribution in [0.15, 0.2) is 48.5 Å². The molecule has 2 unspecified atom stereocenters. The topological polar surface area (TPSA) is 12.0 Å². The van der Waals surface area contributed by atoms with Crippen LogP contribution in [0.5, 0.6) is 0 Å². The van der Waals surface area contributed by atoms with E-state index in [9.17, 15) is 8.78 Å². The van der Waals surface area contributed by atoms with E-state index >= 15 is 0 Å². The van der Waals surface area contributed by atoms with Gasteiger partial charge >= 0.3 is 0 Å². The van der Waals surface area contributed by atoms with Crippen molar-refractivity contribution in [2.75, 3.05) is 7.05 Å². The summed E-state index contributed by atoms with van der Waals surface area (Å²) in [5.74, 6) is -0.981. The second-order valence-electron chi connectivity index (χ2n) is 4.83. The molecular formula is C17H19F2N. The Labute approximate surface area is 118 Å². The van der Waals surface area contributed by atoms with Crippen molar-refractivity contribution in [3.05, 3.63) is 71.3 Å². The number of rotatable bonds is 5. The predicted molar refractivity (Wildman–Crippen MR) is 77.6 cm³/mol. The molecule has 0 radical (unpaired) electrons. The van der Waals surface area contributed by atoms with Gasteiger partial charge in [0.15, 0.2) is 0 Å². The summed E-state index contributed by atoms with van der Waals surface area (Å²) in [6.45, 7) is 2.03. The molecule has 0 saturated heterocycles. The molecule has 2 aromatic carbocycles. The lowest BCUT2D eigenvalue weighted by Crippen LogP contribution is -2.25. The van der Waals surface area contributed by atoms with Gasteiger partial charge in [-0.2, -0.15) is 0 Å². The van der Waals surface area contributed by atoms with E-state index in [1.807, 2.05) is 37.3 Å². The lowest BCUT2D eigenvalue weighted by atomic mass is 9.85. The minimum Gasteiger partial charge on any atom is -0.312 e. The molecule has 20 heavy (non-hydrogen) atoms. The molecule has 106 valence electrons. The Morgan fingerprint density at radius 1 is 0.950 bits per heavy atom. The van der Waals surface area contributed by atoms with Gasteiger partial charge in [-0.3, -0.25) is 0 Å². The molecule has 0 saturated carbocycles. The van der Waals surface area contributed by atoms with Crippen molar-refractivity contribution in [2.45, 2.75) is 25.3 Å². The highest BCUT2D eigenvalue weighted by atomic mass is 19.1. The van der Waals surface area contributed by atoms with Crippen LogP contribution in [0.2, 0.25) is 0 Å². The lowest BCUT2D eigenvalue weighted by molar-refractivity contribution is 0.424. The van der Waals surface area contributed by atoms with Crippen molar-refractivity contribution < 1.29 is 8.78 Å². The first-order valence-corrected chi connectivity index (χ1v) is 6.85. The van der Waals surface area contributed by atoms with Gasteiger partial charge in [0, 0.05) is 17.5 Å². The van der Waals surface area contributed by atoms with E-state index in [4.69, 9.17) is 0 Å². The number of likely N-dealkylation sites (N-methyl/N-ethyl adjacent to an activating group) is 1. The molecule has 0 aliphatic carbocycles. The summed E-state index contributed by atoms with van der Waals surface area (Å²) in [5, 5.41) is 3.07. The van der Waals surface area contributed by atoms with E-state index in [0.717, 1.165) is 12.0 Å². The third-order valence-electron chi connectivity index (χ3n) is 3.69. The summed E-state index contributed by atoms with van der Waals surface area (Å²) >= 11 is 0. The van der Waals surface area contributed by atoms with Gasteiger partial charge in [0.05, 0.1) is 0 Å². The molecule has 1 N–H and O–H groups in total. The largest absolute Gasteiger partial charge is 0.312 e. The van der Waals surface area contributed by atoms with Crippen LogP contribution in [0.25, 0.3) is 0 Å². The Morgan fingerprint density at radius 2 is 1.55 bits per heavy atom. The minimum atomic E-state index is -0.501. The molecule has 0 heterocycles. The summed E-state index contributed by atoms with van der Waals surface area (Å²) in [7, 11) is 1.74. The standard InChI is InChI=1S/C17H19F2N/c1-3-13(12-8-5-4-6-9-12)17(20-2)16-14(18)10-7-11-15(16)19/h4-11,13,17,20H,3H2,1-2H3. The molecule has 0 aromatic heterocycles. The smallest absolute Gasteiger partial charge is 0.130 e. The summed E-state index contributed by atoms with van der Waals surface area (Å²) in [6, 6.07) is 13.4. The highest BCUT2D eigenvalue weighted by molar-refractivity contribution is 5.30. The zero-order chi connectivity index (χ0) is 14.5. The second-order valence-corrected chi connectivity index (χ2v) is 4.83. The fourth-order valence-electron chi connectivity index (χ4n) is 2.72. The first-order valence-electron chi connectivity index (χ1n) is 6.85. The van der Waals surface area contributed by atoms with Crippen LogP contribution in [0.1, 0.15) is 36.4 Å². The van der Waals surface area contributed by atoms with E-state index in [1.165, 1.54) is 18.2 Å². The molecule has 0 fully saturated rings. The molecule has 0 bridgehead atoms. The van der Waals surface area contributed by atoms with Crippen molar-refractivity contribution in [1.29, 1.82) is 0 Å². The van der Waals surface area contributed by atoms with Crippen LogP contribution in [0.4, 0.5) is 8.78 Å². The number of hydrogen-bond acceptors (Lipinski definition) is 1. The minimum absolute atomic E-state index is 0.0209. The highest BCUT2D eigenvalue weighted by Gasteiger charge is 2.26. The van der Waals surface area contributed by atoms with Gasteiger partial charge < -0.3 is 5.32 Å². The van der Waals surface area contributed by atoms with Gasteiger partial charge in [-0.25, -0.2) is 8.78 Å².